The van der Waals surface area contributed by atoms with Crippen LogP contribution in [0.1, 0.15) is 51.3 Å². The Bertz CT molecular complexity index is 497. The lowest BCUT2D eigenvalue weighted by atomic mass is 10.0. The lowest BCUT2D eigenvalue weighted by molar-refractivity contribution is 0.552. The summed E-state index contributed by atoms with van der Waals surface area (Å²) >= 11 is 0. The molecule has 0 bridgehead atoms. The van der Waals surface area contributed by atoms with Crippen LogP contribution in [0.5, 0.6) is 0 Å². The molecule has 0 aliphatic rings. The highest BCUT2D eigenvalue weighted by atomic mass is 16.2. The Hall–Kier alpha value is -1.32. The van der Waals surface area contributed by atoms with E-state index in [4.69, 9.17) is 0 Å². The standard InChI is InChI=1S/C14H24N2O2/c1-5-6-9-16-13(17)12(8-7-10(2)3)11(4)15-14(16)18/h10H,5-9H2,1-4H3,(H,15,18). The Morgan fingerprint density at radius 1 is 1.28 bits per heavy atom. The fourth-order valence-electron chi connectivity index (χ4n) is 1.97. The van der Waals surface area contributed by atoms with E-state index in [0.717, 1.165) is 36.9 Å². The summed E-state index contributed by atoms with van der Waals surface area (Å²) in [6.07, 6.45) is 3.54. The molecule has 4 heteroatoms. The zero-order valence-electron chi connectivity index (χ0n) is 11.9. The Kier molecular flexibility index (Phi) is 5.38. The summed E-state index contributed by atoms with van der Waals surface area (Å²) in [7, 11) is 0. The quantitative estimate of drug-likeness (QED) is 0.844. The molecule has 18 heavy (non-hydrogen) atoms. The molecule has 0 saturated heterocycles. The number of aryl methyl sites for hydroxylation is 1. The van der Waals surface area contributed by atoms with Gasteiger partial charge in [0.1, 0.15) is 0 Å². The average Bonchev–Trinajstić information content (AvgIpc) is 2.27. The van der Waals surface area contributed by atoms with Gasteiger partial charge in [-0.1, -0.05) is 27.2 Å². The first-order chi connectivity index (χ1) is 8.47. The molecule has 0 aliphatic carbocycles. The number of aromatic nitrogens is 2. The minimum atomic E-state index is -0.278. The maximum Gasteiger partial charge on any atom is 0.328 e. The van der Waals surface area contributed by atoms with E-state index in [1.54, 1.807) is 0 Å². The Balaban J connectivity index is 3.10. The van der Waals surface area contributed by atoms with Crippen molar-refractivity contribution in [2.45, 2.75) is 59.9 Å². The van der Waals surface area contributed by atoms with E-state index in [1.807, 2.05) is 13.8 Å². The topological polar surface area (TPSA) is 54.9 Å². The van der Waals surface area contributed by atoms with Crippen LogP contribution in [0.4, 0.5) is 0 Å². The first-order valence-electron chi connectivity index (χ1n) is 6.80. The zero-order chi connectivity index (χ0) is 13.7. The van der Waals surface area contributed by atoms with Gasteiger partial charge in [-0.3, -0.25) is 9.36 Å². The van der Waals surface area contributed by atoms with Crippen molar-refractivity contribution in [1.82, 2.24) is 9.55 Å². The molecular formula is C14H24N2O2. The summed E-state index contributed by atoms with van der Waals surface area (Å²) in [4.78, 5) is 26.8. The molecule has 0 unspecified atom stereocenters. The molecule has 1 heterocycles. The third kappa shape index (κ3) is 3.59. The number of H-pyrrole nitrogens is 1. The van der Waals surface area contributed by atoms with E-state index >= 15 is 0 Å². The van der Waals surface area contributed by atoms with Gasteiger partial charge >= 0.3 is 5.69 Å². The second-order valence-corrected chi connectivity index (χ2v) is 5.28. The minimum Gasteiger partial charge on any atom is -0.311 e. The fourth-order valence-corrected chi connectivity index (χ4v) is 1.97. The normalized spacial score (nSPS) is 11.2. The number of nitrogens with one attached hydrogen (secondary N) is 1. The first kappa shape index (κ1) is 14.7. The maximum atomic E-state index is 12.3. The van der Waals surface area contributed by atoms with Crippen molar-refractivity contribution in [3.63, 3.8) is 0 Å². The van der Waals surface area contributed by atoms with Crippen molar-refractivity contribution in [3.05, 3.63) is 32.1 Å². The van der Waals surface area contributed by atoms with Crippen LogP contribution in [0.15, 0.2) is 9.59 Å². The van der Waals surface area contributed by atoms with Crippen molar-refractivity contribution in [1.29, 1.82) is 0 Å². The van der Waals surface area contributed by atoms with Gasteiger partial charge < -0.3 is 4.98 Å². The molecule has 0 spiro atoms. The summed E-state index contributed by atoms with van der Waals surface area (Å²) in [5, 5.41) is 0. The Morgan fingerprint density at radius 3 is 2.50 bits per heavy atom. The van der Waals surface area contributed by atoms with Gasteiger partial charge in [0.05, 0.1) is 0 Å². The molecule has 1 aromatic heterocycles. The summed E-state index contributed by atoms with van der Waals surface area (Å²) < 4.78 is 1.34. The molecule has 0 amide bonds. The number of hydrogen-bond donors (Lipinski definition) is 1. The summed E-state index contributed by atoms with van der Waals surface area (Å²) in [5.41, 5.74) is 1.10. The average molecular weight is 252 g/mol. The van der Waals surface area contributed by atoms with E-state index in [1.165, 1.54) is 4.57 Å². The Morgan fingerprint density at radius 2 is 1.94 bits per heavy atom. The lowest BCUT2D eigenvalue weighted by Crippen LogP contribution is -2.38. The van der Waals surface area contributed by atoms with Crippen LogP contribution in [0.3, 0.4) is 0 Å². The predicted octanol–water partition coefficient (Wildman–Crippen LogP) is 2.23. The molecule has 1 rings (SSSR count). The third-order valence-electron chi connectivity index (χ3n) is 3.20. The summed E-state index contributed by atoms with van der Waals surface area (Å²) in [6, 6.07) is 0. The van der Waals surface area contributed by atoms with Crippen LogP contribution in [0.25, 0.3) is 0 Å². The third-order valence-corrected chi connectivity index (χ3v) is 3.20. The molecule has 102 valence electrons. The molecule has 1 N–H and O–H groups in total. The van der Waals surface area contributed by atoms with E-state index < -0.39 is 0 Å². The van der Waals surface area contributed by atoms with Crippen LogP contribution in [-0.2, 0) is 13.0 Å². The molecule has 0 fully saturated rings. The van der Waals surface area contributed by atoms with Crippen LogP contribution in [0.2, 0.25) is 0 Å². The minimum absolute atomic E-state index is 0.106. The zero-order valence-corrected chi connectivity index (χ0v) is 11.9. The second kappa shape index (κ2) is 6.57. The van der Waals surface area contributed by atoms with E-state index in [2.05, 4.69) is 18.8 Å². The number of nitrogens with zero attached hydrogens (tertiary/aromatic N) is 1. The SMILES string of the molecule is CCCCn1c(=O)[nH]c(C)c(CCC(C)C)c1=O. The molecule has 0 radical (unpaired) electrons. The van der Waals surface area contributed by atoms with Gasteiger partial charge in [-0.25, -0.2) is 4.79 Å². The molecule has 1 aromatic rings. The molecule has 0 aliphatic heterocycles. The smallest absolute Gasteiger partial charge is 0.311 e. The summed E-state index contributed by atoms with van der Waals surface area (Å²) in [6.45, 7) is 8.64. The molecule has 0 saturated carbocycles. The van der Waals surface area contributed by atoms with Gasteiger partial charge in [-0.15, -0.1) is 0 Å². The van der Waals surface area contributed by atoms with Gasteiger partial charge in [0, 0.05) is 17.8 Å². The first-order valence-corrected chi connectivity index (χ1v) is 6.80. The van der Waals surface area contributed by atoms with Gasteiger partial charge in [0.25, 0.3) is 5.56 Å². The van der Waals surface area contributed by atoms with E-state index in [9.17, 15) is 9.59 Å². The van der Waals surface area contributed by atoms with Crippen LogP contribution in [0, 0.1) is 12.8 Å². The maximum absolute atomic E-state index is 12.3. The molecule has 0 aromatic carbocycles. The van der Waals surface area contributed by atoms with Gasteiger partial charge in [-0.2, -0.15) is 0 Å². The van der Waals surface area contributed by atoms with Crippen molar-refractivity contribution < 1.29 is 0 Å². The Labute approximate surface area is 108 Å². The van der Waals surface area contributed by atoms with Gasteiger partial charge in [0.2, 0.25) is 0 Å². The highest BCUT2D eigenvalue weighted by Gasteiger charge is 2.11. The fraction of sp³-hybridized carbons (Fsp3) is 0.714. The van der Waals surface area contributed by atoms with Crippen molar-refractivity contribution in [2.24, 2.45) is 5.92 Å². The van der Waals surface area contributed by atoms with E-state index in [-0.39, 0.29) is 11.2 Å². The number of hydrogen-bond acceptors (Lipinski definition) is 2. The van der Waals surface area contributed by atoms with Gasteiger partial charge in [-0.05, 0) is 32.1 Å². The monoisotopic (exact) mass is 252 g/mol. The molecule has 0 atom stereocenters. The second-order valence-electron chi connectivity index (χ2n) is 5.28. The van der Waals surface area contributed by atoms with Crippen molar-refractivity contribution in [3.8, 4) is 0 Å². The van der Waals surface area contributed by atoms with Crippen LogP contribution >= 0.6 is 0 Å². The van der Waals surface area contributed by atoms with Crippen molar-refractivity contribution in [2.75, 3.05) is 0 Å². The molecular weight excluding hydrogens is 228 g/mol. The largest absolute Gasteiger partial charge is 0.328 e. The number of rotatable bonds is 6. The molecule has 4 nitrogen and oxygen atoms in total. The highest BCUT2D eigenvalue weighted by Crippen LogP contribution is 2.07. The number of unbranched alkanes of at least 4 members (excludes halogenated alkanes) is 1. The van der Waals surface area contributed by atoms with Crippen LogP contribution in [-0.4, -0.2) is 9.55 Å². The van der Waals surface area contributed by atoms with Crippen LogP contribution < -0.4 is 11.2 Å². The lowest BCUT2D eigenvalue weighted by Gasteiger charge is -2.10. The summed E-state index contributed by atoms with van der Waals surface area (Å²) in [5.74, 6) is 0.555. The number of aromatic amines is 1. The van der Waals surface area contributed by atoms with E-state index in [0.29, 0.717) is 12.5 Å². The highest BCUT2D eigenvalue weighted by molar-refractivity contribution is 5.15. The van der Waals surface area contributed by atoms with Gasteiger partial charge in [0.15, 0.2) is 0 Å². The van der Waals surface area contributed by atoms with Crippen molar-refractivity contribution >= 4 is 0 Å². The predicted molar refractivity (Wildman–Crippen MR) is 74.1 cm³/mol.